The summed E-state index contributed by atoms with van der Waals surface area (Å²) in [5.74, 6) is 1.45. The molecule has 0 unspecified atom stereocenters. The van der Waals surface area contributed by atoms with Crippen LogP contribution in [-0.4, -0.2) is 31.6 Å². The van der Waals surface area contributed by atoms with Gasteiger partial charge in [0.2, 0.25) is 11.8 Å². The van der Waals surface area contributed by atoms with Crippen LogP contribution in [-0.2, 0) is 16.1 Å². The quantitative estimate of drug-likeness (QED) is 0.813. The molecule has 6 nitrogen and oxygen atoms in total. The Morgan fingerprint density at radius 1 is 1.07 bits per heavy atom. The average Bonchev–Trinajstić information content (AvgIpc) is 3.17. The van der Waals surface area contributed by atoms with Gasteiger partial charge in [-0.25, -0.2) is 0 Å². The zero-order valence-electron chi connectivity index (χ0n) is 15.5. The fourth-order valence-electron chi connectivity index (χ4n) is 3.30. The van der Waals surface area contributed by atoms with Crippen molar-refractivity contribution in [3.63, 3.8) is 0 Å². The largest absolute Gasteiger partial charge is 0.486 e. The van der Waals surface area contributed by atoms with Crippen LogP contribution in [0.25, 0.3) is 6.08 Å². The molecule has 2 amide bonds. The van der Waals surface area contributed by atoms with E-state index in [1.807, 2.05) is 42.5 Å². The van der Waals surface area contributed by atoms with Gasteiger partial charge < -0.3 is 19.7 Å². The van der Waals surface area contributed by atoms with E-state index in [2.05, 4.69) is 5.32 Å². The number of amides is 2. The van der Waals surface area contributed by atoms with Crippen LogP contribution in [0.2, 0.25) is 0 Å². The average molecular weight is 378 g/mol. The van der Waals surface area contributed by atoms with E-state index in [0.717, 1.165) is 35.5 Å². The monoisotopic (exact) mass is 378 g/mol. The Bertz CT molecular complexity index is 905. The van der Waals surface area contributed by atoms with Gasteiger partial charge in [-0.05, 0) is 47.9 Å². The fraction of sp³-hybridized carbons (Fsp3) is 0.273. The maximum atomic E-state index is 12.1. The molecule has 0 aliphatic carbocycles. The highest BCUT2D eigenvalue weighted by molar-refractivity contribution is 5.95. The minimum atomic E-state index is -0.173. The predicted octanol–water partition coefficient (Wildman–Crippen LogP) is 2.91. The molecule has 2 aliphatic rings. The molecule has 0 bridgehead atoms. The van der Waals surface area contributed by atoms with Gasteiger partial charge in [0, 0.05) is 31.3 Å². The normalized spacial score (nSPS) is 15.9. The first-order valence-corrected chi connectivity index (χ1v) is 9.44. The first kappa shape index (κ1) is 18.1. The lowest BCUT2D eigenvalue weighted by molar-refractivity contribution is -0.117. The first-order valence-electron chi connectivity index (χ1n) is 9.44. The second-order valence-corrected chi connectivity index (χ2v) is 6.77. The maximum Gasteiger partial charge on any atom is 0.244 e. The van der Waals surface area contributed by atoms with Crippen LogP contribution in [0, 0.1) is 0 Å². The third-order valence-electron chi connectivity index (χ3n) is 4.78. The number of ether oxygens (including phenoxy) is 2. The van der Waals surface area contributed by atoms with Crippen molar-refractivity contribution < 1.29 is 19.1 Å². The summed E-state index contributed by atoms with van der Waals surface area (Å²) in [5, 5.41) is 2.86. The van der Waals surface area contributed by atoms with Crippen LogP contribution >= 0.6 is 0 Å². The van der Waals surface area contributed by atoms with Gasteiger partial charge in [-0.15, -0.1) is 0 Å². The minimum Gasteiger partial charge on any atom is -0.486 e. The predicted molar refractivity (Wildman–Crippen MR) is 106 cm³/mol. The number of nitrogens with one attached hydrogen (secondary N) is 1. The Morgan fingerprint density at radius 3 is 2.61 bits per heavy atom. The number of hydrogen-bond acceptors (Lipinski definition) is 4. The zero-order chi connectivity index (χ0) is 19.3. The molecule has 1 N–H and O–H groups in total. The molecule has 0 saturated carbocycles. The molecular formula is C22H22N2O4. The van der Waals surface area contributed by atoms with E-state index in [0.29, 0.717) is 31.9 Å². The van der Waals surface area contributed by atoms with Gasteiger partial charge in [0.25, 0.3) is 0 Å². The molecule has 28 heavy (non-hydrogen) atoms. The Kier molecular flexibility index (Phi) is 5.28. The summed E-state index contributed by atoms with van der Waals surface area (Å²) >= 11 is 0. The third kappa shape index (κ3) is 4.17. The summed E-state index contributed by atoms with van der Waals surface area (Å²) in [5.41, 5.74) is 2.76. The van der Waals surface area contributed by atoms with E-state index >= 15 is 0 Å². The number of anilines is 1. The van der Waals surface area contributed by atoms with E-state index < -0.39 is 0 Å². The molecule has 0 atom stereocenters. The Hall–Kier alpha value is -3.28. The van der Waals surface area contributed by atoms with E-state index in [4.69, 9.17) is 9.47 Å². The summed E-state index contributed by atoms with van der Waals surface area (Å²) in [6.07, 6.45) is 4.79. The van der Waals surface area contributed by atoms with Crippen LogP contribution in [0.5, 0.6) is 11.5 Å². The second kappa shape index (κ2) is 8.17. The number of rotatable bonds is 5. The van der Waals surface area contributed by atoms with Crippen molar-refractivity contribution in [1.82, 2.24) is 5.32 Å². The molecule has 2 heterocycles. The molecule has 6 heteroatoms. The van der Waals surface area contributed by atoms with Gasteiger partial charge in [-0.1, -0.05) is 18.2 Å². The van der Waals surface area contributed by atoms with Crippen molar-refractivity contribution in [2.75, 3.05) is 24.7 Å². The van der Waals surface area contributed by atoms with Crippen molar-refractivity contribution in [3.8, 4) is 11.5 Å². The van der Waals surface area contributed by atoms with Crippen molar-refractivity contribution in [2.45, 2.75) is 19.4 Å². The lowest BCUT2D eigenvalue weighted by atomic mass is 10.1. The van der Waals surface area contributed by atoms with Crippen LogP contribution in [0.3, 0.4) is 0 Å². The lowest BCUT2D eigenvalue weighted by Crippen LogP contribution is -2.23. The number of carbonyl (C=O) groups is 2. The molecule has 0 aromatic heterocycles. The highest BCUT2D eigenvalue weighted by Gasteiger charge is 2.21. The third-order valence-corrected chi connectivity index (χ3v) is 4.78. The first-order chi connectivity index (χ1) is 13.7. The van der Waals surface area contributed by atoms with Gasteiger partial charge in [0.15, 0.2) is 11.5 Å². The SMILES string of the molecule is O=C(/C=C/c1ccc(N2CCCC2=O)cc1)NCc1ccc2c(c1)OCCO2. The molecule has 1 saturated heterocycles. The molecule has 0 spiro atoms. The van der Waals surface area contributed by atoms with Crippen LogP contribution in [0.4, 0.5) is 5.69 Å². The standard InChI is InChI=1S/C22H22N2O4/c25-21(23-15-17-5-9-19-20(14-17)28-13-12-27-19)10-6-16-3-7-18(8-4-16)24-11-1-2-22(24)26/h3-10,14H,1-2,11-13,15H2,(H,23,25)/b10-6+. The Balaban J connectivity index is 1.31. The molecular weight excluding hydrogens is 356 g/mol. The van der Waals surface area contributed by atoms with Gasteiger partial charge in [-0.3, -0.25) is 9.59 Å². The number of fused-ring (bicyclic) bond motifs is 1. The number of nitrogens with zero attached hydrogens (tertiary/aromatic N) is 1. The van der Waals surface area contributed by atoms with Gasteiger partial charge in [0.1, 0.15) is 13.2 Å². The topological polar surface area (TPSA) is 67.9 Å². The van der Waals surface area contributed by atoms with Crippen molar-refractivity contribution in [3.05, 3.63) is 59.7 Å². The van der Waals surface area contributed by atoms with Crippen LogP contribution in [0.1, 0.15) is 24.0 Å². The van der Waals surface area contributed by atoms with Crippen LogP contribution < -0.4 is 19.7 Å². The molecule has 2 aromatic carbocycles. The summed E-state index contributed by atoms with van der Waals surface area (Å²) in [6, 6.07) is 13.3. The Morgan fingerprint density at radius 2 is 1.86 bits per heavy atom. The number of hydrogen-bond donors (Lipinski definition) is 1. The molecule has 2 aromatic rings. The maximum absolute atomic E-state index is 12.1. The van der Waals surface area contributed by atoms with Gasteiger partial charge in [-0.2, -0.15) is 0 Å². The van der Waals surface area contributed by atoms with Crippen molar-refractivity contribution in [2.24, 2.45) is 0 Å². The van der Waals surface area contributed by atoms with E-state index in [1.54, 1.807) is 11.0 Å². The summed E-state index contributed by atoms with van der Waals surface area (Å²) in [6.45, 7) is 2.28. The van der Waals surface area contributed by atoms with Crippen molar-refractivity contribution in [1.29, 1.82) is 0 Å². The zero-order valence-corrected chi connectivity index (χ0v) is 15.5. The second-order valence-electron chi connectivity index (χ2n) is 6.77. The summed E-state index contributed by atoms with van der Waals surface area (Å²) in [4.78, 5) is 25.7. The smallest absolute Gasteiger partial charge is 0.244 e. The van der Waals surface area contributed by atoms with Gasteiger partial charge in [0.05, 0.1) is 0 Å². The molecule has 4 rings (SSSR count). The highest BCUT2D eigenvalue weighted by Crippen LogP contribution is 2.30. The molecule has 0 radical (unpaired) electrons. The minimum absolute atomic E-state index is 0.168. The molecule has 1 fully saturated rings. The van der Waals surface area contributed by atoms with Gasteiger partial charge >= 0.3 is 0 Å². The molecule has 2 aliphatic heterocycles. The van der Waals surface area contributed by atoms with E-state index in [9.17, 15) is 9.59 Å². The van der Waals surface area contributed by atoms with Crippen molar-refractivity contribution >= 4 is 23.6 Å². The highest BCUT2D eigenvalue weighted by atomic mass is 16.6. The fourth-order valence-corrected chi connectivity index (χ4v) is 3.30. The van der Waals surface area contributed by atoms with Crippen LogP contribution in [0.15, 0.2) is 48.5 Å². The lowest BCUT2D eigenvalue weighted by Gasteiger charge is -2.18. The number of benzene rings is 2. The summed E-state index contributed by atoms with van der Waals surface area (Å²) in [7, 11) is 0. The number of carbonyl (C=O) groups excluding carboxylic acids is 2. The molecule has 144 valence electrons. The Labute approximate surface area is 163 Å². The van der Waals surface area contributed by atoms with E-state index in [1.165, 1.54) is 6.08 Å². The summed E-state index contributed by atoms with van der Waals surface area (Å²) < 4.78 is 11.0. The van der Waals surface area contributed by atoms with E-state index in [-0.39, 0.29) is 11.8 Å².